The first kappa shape index (κ1) is 23.4. The number of anilines is 2. The van der Waals surface area contributed by atoms with Crippen LogP contribution < -0.4 is 10.6 Å². The lowest BCUT2D eigenvalue weighted by Gasteiger charge is -2.25. The molecule has 0 aliphatic carbocycles. The molecule has 2 N–H and O–H groups in total. The summed E-state index contributed by atoms with van der Waals surface area (Å²) in [6.07, 6.45) is 1.03. The average Bonchev–Trinajstić information content (AvgIpc) is 3.35. The van der Waals surface area contributed by atoms with E-state index in [9.17, 15) is 14.4 Å². The molecule has 180 valence electrons. The number of nitrogens with one attached hydrogen (secondary N) is 2. The number of aryl methyl sites for hydroxylation is 1. The van der Waals surface area contributed by atoms with E-state index in [4.69, 9.17) is 13.9 Å². The Morgan fingerprint density at radius 2 is 1.74 bits per heavy atom. The zero-order valence-electron chi connectivity index (χ0n) is 19.6. The summed E-state index contributed by atoms with van der Waals surface area (Å²) in [5.41, 5.74) is 1.26. The number of amides is 3. The second-order valence-corrected chi connectivity index (χ2v) is 9.07. The largest absolute Gasteiger partial charge is 0.451 e. The number of fused-ring (bicyclic) bond motifs is 1. The van der Waals surface area contributed by atoms with Crippen molar-refractivity contribution in [2.24, 2.45) is 7.05 Å². The highest BCUT2D eigenvalue weighted by Crippen LogP contribution is 2.25. The van der Waals surface area contributed by atoms with Gasteiger partial charge in [-0.2, -0.15) is 0 Å². The lowest BCUT2D eigenvalue weighted by atomic mass is 10.2. The maximum absolute atomic E-state index is 12.8. The van der Waals surface area contributed by atoms with Gasteiger partial charge in [0, 0.05) is 37.4 Å². The molecule has 3 heterocycles. The second kappa shape index (κ2) is 9.22. The van der Waals surface area contributed by atoms with Crippen molar-refractivity contribution < 1.29 is 28.3 Å². The van der Waals surface area contributed by atoms with Gasteiger partial charge in [-0.25, -0.2) is 4.79 Å². The standard InChI is InChI=1S/C24H28N4O6/c1-24(2,3)34-23(31)26-17-13-18(27(4)14-17)21(29)25-16-5-6-19-15(11-16)12-20(33-19)22(30)28-7-9-32-10-8-28/h5-6,11-14H,7-10H2,1-4H3,(H,25,29)(H,26,31). The lowest BCUT2D eigenvalue weighted by Crippen LogP contribution is -2.40. The van der Waals surface area contributed by atoms with Crippen LogP contribution in [0.5, 0.6) is 0 Å². The molecule has 1 aromatic carbocycles. The van der Waals surface area contributed by atoms with Crippen LogP contribution in [0, 0.1) is 0 Å². The molecule has 0 unspecified atom stereocenters. The number of aromatic nitrogens is 1. The third kappa shape index (κ3) is 5.40. The molecule has 1 fully saturated rings. The molecule has 0 spiro atoms. The number of hydrogen-bond donors (Lipinski definition) is 2. The average molecular weight is 469 g/mol. The highest BCUT2D eigenvalue weighted by molar-refractivity contribution is 6.05. The summed E-state index contributed by atoms with van der Waals surface area (Å²) in [4.78, 5) is 39.2. The molecule has 2 aromatic heterocycles. The van der Waals surface area contributed by atoms with Crippen molar-refractivity contribution in [1.29, 1.82) is 0 Å². The Morgan fingerprint density at radius 1 is 1.00 bits per heavy atom. The highest BCUT2D eigenvalue weighted by atomic mass is 16.6. The summed E-state index contributed by atoms with van der Waals surface area (Å²) in [6, 6.07) is 8.40. The Morgan fingerprint density at radius 3 is 2.44 bits per heavy atom. The van der Waals surface area contributed by atoms with E-state index < -0.39 is 11.7 Å². The van der Waals surface area contributed by atoms with Crippen molar-refractivity contribution in [1.82, 2.24) is 9.47 Å². The van der Waals surface area contributed by atoms with Crippen molar-refractivity contribution in [3.8, 4) is 0 Å². The molecule has 0 bridgehead atoms. The number of rotatable bonds is 4. The molecule has 3 aromatic rings. The summed E-state index contributed by atoms with van der Waals surface area (Å²) in [5.74, 6) is -0.285. The van der Waals surface area contributed by atoms with E-state index in [0.29, 0.717) is 54.3 Å². The van der Waals surface area contributed by atoms with E-state index in [0.717, 1.165) is 0 Å². The van der Waals surface area contributed by atoms with Gasteiger partial charge in [-0.3, -0.25) is 14.9 Å². The van der Waals surface area contributed by atoms with Crippen LogP contribution in [0.4, 0.5) is 16.2 Å². The fourth-order valence-electron chi connectivity index (χ4n) is 3.62. The Bertz CT molecular complexity index is 1230. The minimum absolute atomic E-state index is 0.182. The molecular weight excluding hydrogens is 440 g/mol. The first-order valence-corrected chi connectivity index (χ1v) is 11.0. The molecule has 34 heavy (non-hydrogen) atoms. The second-order valence-electron chi connectivity index (χ2n) is 9.07. The topological polar surface area (TPSA) is 115 Å². The van der Waals surface area contributed by atoms with E-state index >= 15 is 0 Å². The van der Waals surface area contributed by atoms with E-state index in [1.54, 1.807) is 73.8 Å². The predicted molar refractivity (Wildman–Crippen MR) is 126 cm³/mol. The van der Waals surface area contributed by atoms with Crippen molar-refractivity contribution in [2.75, 3.05) is 36.9 Å². The van der Waals surface area contributed by atoms with Crippen LogP contribution in [0.3, 0.4) is 0 Å². The van der Waals surface area contributed by atoms with E-state index in [1.165, 1.54) is 0 Å². The Labute approximate surface area is 196 Å². The molecule has 10 heteroatoms. The molecule has 1 saturated heterocycles. The fourth-order valence-corrected chi connectivity index (χ4v) is 3.62. The van der Waals surface area contributed by atoms with Gasteiger partial charge >= 0.3 is 6.09 Å². The van der Waals surface area contributed by atoms with Crippen LogP contribution in [0.1, 0.15) is 41.8 Å². The van der Waals surface area contributed by atoms with Gasteiger partial charge in [0.1, 0.15) is 16.9 Å². The summed E-state index contributed by atoms with van der Waals surface area (Å²) in [7, 11) is 1.71. The Kier molecular flexibility index (Phi) is 6.34. The zero-order valence-corrected chi connectivity index (χ0v) is 19.6. The van der Waals surface area contributed by atoms with E-state index in [1.807, 2.05) is 0 Å². The van der Waals surface area contributed by atoms with Crippen LogP contribution in [0.2, 0.25) is 0 Å². The molecule has 0 saturated carbocycles. The normalized spacial score (nSPS) is 14.2. The fraction of sp³-hybridized carbons (Fsp3) is 0.375. The van der Waals surface area contributed by atoms with Gasteiger partial charge in [-0.05, 0) is 51.1 Å². The SMILES string of the molecule is Cn1cc(NC(=O)OC(C)(C)C)cc1C(=O)Nc1ccc2oc(C(=O)N3CCOCC3)cc2c1. The van der Waals surface area contributed by atoms with Crippen molar-refractivity contribution in [3.63, 3.8) is 0 Å². The van der Waals surface area contributed by atoms with Crippen LogP contribution >= 0.6 is 0 Å². The van der Waals surface area contributed by atoms with Crippen LogP contribution in [0.25, 0.3) is 11.0 Å². The number of benzene rings is 1. The van der Waals surface area contributed by atoms with Crippen molar-refractivity contribution >= 4 is 40.3 Å². The first-order chi connectivity index (χ1) is 16.1. The number of ether oxygens (including phenoxy) is 2. The van der Waals surface area contributed by atoms with Gasteiger partial charge in [-0.1, -0.05) is 0 Å². The number of morpholine rings is 1. The Balaban J connectivity index is 1.45. The molecular formula is C24H28N4O6. The third-order valence-corrected chi connectivity index (χ3v) is 5.17. The van der Waals surface area contributed by atoms with Crippen LogP contribution in [0.15, 0.2) is 40.9 Å². The lowest BCUT2D eigenvalue weighted by molar-refractivity contribution is 0.0284. The number of hydrogen-bond acceptors (Lipinski definition) is 6. The number of carbonyl (C=O) groups is 3. The molecule has 4 rings (SSSR count). The smallest absolute Gasteiger partial charge is 0.412 e. The molecule has 1 aliphatic rings. The number of furan rings is 1. The van der Waals surface area contributed by atoms with Gasteiger partial charge in [0.15, 0.2) is 5.76 Å². The summed E-state index contributed by atoms with van der Waals surface area (Å²) in [5, 5.41) is 6.17. The first-order valence-electron chi connectivity index (χ1n) is 11.0. The van der Waals surface area contributed by atoms with Gasteiger partial charge in [0.05, 0.1) is 18.9 Å². The molecule has 0 radical (unpaired) electrons. The summed E-state index contributed by atoms with van der Waals surface area (Å²) in [6.45, 7) is 7.39. The van der Waals surface area contributed by atoms with Crippen molar-refractivity contribution in [3.05, 3.63) is 48.0 Å². The zero-order chi connectivity index (χ0) is 24.5. The van der Waals surface area contributed by atoms with Gasteiger partial charge in [-0.15, -0.1) is 0 Å². The quantitative estimate of drug-likeness (QED) is 0.601. The number of carbonyl (C=O) groups excluding carboxylic acids is 3. The monoisotopic (exact) mass is 468 g/mol. The predicted octanol–water partition coefficient (Wildman–Crippen LogP) is 3.84. The van der Waals surface area contributed by atoms with E-state index in [-0.39, 0.29) is 17.6 Å². The third-order valence-electron chi connectivity index (χ3n) is 5.17. The summed E-state index contributed by atoms with van der Waals surface area (Å²) < 4.78 is 17.9. The number of nitrogens with zero attached hydrogens (tertiary/aromatic N) is 2. The molecule has 0 atom stereocenters. The van der Waals surface area contributed by atoms with Gasteiger partial charge < -0.3 is 28.7 Å². The maximum Gasteiger partial charge on any atom is 0.412 e. The molecule has 1 aliphatic heterocycles. The van der Waals surface area contributed by atoms with E-state index in [2.05, 4.69) is 10.6 Å². The Hall–Kier alpha value is -3.79. The van der Waals surface area contributed by atoms with Crippen LogP contribution in [-0.4, -0.2) is 59.3 Å². The van der Waals surface area contributed by atoms with Crippen molar-refractivity contribution in [2.45, 2.75) is 26.4 Å². The van der Waals surface area contributed by atoms with Gasteiger partial charge in [0.25, 0.3) is 11.8 Å². The van der Waals surface area contributed by atoms with Gasteiger partial charge in [0.2, 0.25) is 0 Å². The molecule has 3 amide bonds. The van der Waals surface area contributed by atoms with Crippen LogP contribution in [-0.2, 0) is 16.5 Å². The summed E-state index contributed by atoms with van der Waals surface area (Å²) >= 11 is 0. The highest BCUT2D eigenvalue weighted by Gasteiger charge is 2.22. The minimum Gasteiger partial charge on any atom is -0.451 e. The minimum atomic E-state index is -0.628. The molecule has 10 nitrogen and oxygen atoms in total. The maximum atomic E-state index is 12.8.